The van der Waals surface area contributed by atoms with Crippen molar-refractivity contribution in [2.45, 2.75) is 45.8 Å². The summed E-state index contributed by atoms with van der Waals surface area (Å²) in [5.41, 5.74) is -0.347. The number of ether oxygens (including phenoxy) is 1. The molecule has 2 aromatic rings. The molecule has 0 spiro atoms. The van der Waals surface area contributed by atoms with Crippen LogP contribution in [-0.4, -0.2) is 93.1 Å². The summed E-state index contributed by atoms with van der Waals surface area (Å²) in [4.78, 5) is 45.9. The van der Waals surface area contributed by atoms with Crippen LogP contribution in [0.5, 0.6) is 0 Å². The largest absolute Gasteiger partial charge is 0.444 e. The van der Waals surface area contributed by atoms with Crippen LogP contribution < -0.4 is 16.3 Å². The van der Waals surface area contributed by atoms with Crippen molar-refractivity contribution in [2.75, 3.05) is 56.9 Å². The van der Waals surface area contributed by atoms with Gasteiger partial charge in [-0.25, -0.2) is 18.0 Å². The zero-order valence-corrected chi connectivity index (χ0v) is 23.5. The third kappa shape index (κ3) is 9.32. The zero-order valence-electron chi connectivity index (χ0n) is 22.7. The van der Waals surface area contributed by atoms with E-state index in [1.807, 2.05) is 19.0 Å². The molecular formula is C24H37N5O7S. The molecule has 1 atom stereocenters. The molecule has 1 aromatic carbocycles. The number of rotatable bonds is 10. The van der Waals surface area contributed by atoms with Gasteiger partial charge in [0.15, 0.2) is 0 Å². The Hall–Kier alpha value is -3.19. The third-order valence-corrected chi connectivity index (χ3v) is 6.30. The van der Waals surface area contributed by atoms with Gasteiger partial charge in [0, 0.05) is 32.1 Å². The van der Waals surface area contributed by atoms with Crippen LogP contribution in [0.15, 0.2) is 21.3 Å². The van der Waals surface area contributed by atoms with E-state index in [9.17, 15) is 22.8 Å². The first kappa shape index (κ1) is 30.0. The summed E-state index contributed by atoms with van der Waals surface area (Å²) in [7, 11) is 2.02. The highest BCUT2D eigenvalue weighted by atomic mass is 32.2. The number of aromatic nitrogens is 1. The molecule has 0 fully saturated rings. The topological polar surface area (TPSA) is 151 Å². The van der Waals surface area contributed by atoms with Gasteiger partial charge in [-0.1, -0.05) is 0 Å². The van der Waals surface area contributed by atoms with Gasteiger partial charge in [-0.3, -0.25) is 10.1 Å². The van der Waals surface area contributed by atoms with E-state index in [1.54, 1.807) is 40.8 Å². The summed E-state index contributed by atoms with van der Waals surface area (Å²) < 4.78 is 34.1. The maximum Gasteiger partial charge on any atom is 0.412 e. The van der Waals surface area contributed by atoms with E-state index in [-0.39, 0.29) is 35.0 Å². The van der Waals surface area contributed by atoms with Gasteiger partial charge < -0.3 is 24.3 Å². The molecule has 0 saturated heterocycles. The van der Waals surface area contributed by atoms with E-state index >= 15 is 0 Å². The number of hydrogen-bond donors (Lipinski definition) is 2. The first-order chi connectivity index (χ1) is 17.0. The Morgan fingerprint density at radius 2 is 1.81 bits per heavy atom. The second-order valence-electron chi connectivity index (χ2n) is 10.2. The molecule has 206 valence electrons. The second kappa shape index (κ2) is 11.9. The Kier molecular flexibility index (Phi) is 9.66. The molecule has 2 rings (SSSR count). The van der Waals surface area contributed by atoms with Crippen LogP contribution >= 0.6 is 0 Å². The normalized spacial score (nSPS) is 12.9. The van der Waals surface area contributed by atoms with E-state index in [0.717, 1.165) is 6.26 Å². The van der Waals surface area contributed by atoms with Crippen molar-refractivity contribution < 1.29 is 27.2 Å². The van der Waals surface area contributed by atoms with Crippen LogP contribution in [-0.2, 0) is 19.4 Å². The van der Waals surface area contributed by atoms with Gasteiger partial charge in [0.25, 0.3) is 6.01 Å². The number of amides is 2. The highest BCUT2D eigenvalue weighted by Gasteiger charge is 2.26. The molecule has 0 unspecified atom stereocenters. The lowest BCUT2D eigenvalue weighted by Crippen LogP contribution is -2.44. The number of anilines is 2. The minimum atomic E-state index is -3.35. The molecule has 0 bridgehead atoms. The highest BCUT2D eigenvalue weighted by Crippen LogP contribution is 2.24. The van der Waals surface area contributed by atoms with Crippen LogP contribution in [0, 0.1) is 6.92 Å². The average Bonchev–Trinajstić information content (AvgIpc) is 2.74. The first-order valence-corrected chi connectivity index (χ1v) is 13.8. The number of aryl methyl sites for hydroxylation is 1. The van der Waals surface area contributed by atoms with Crippen LogP contribution in [0.3, 0.4) is 0 Å². The van der Waals surface area contributed by atoms with E-state index < -0.39 is 33.2 Å². The van der Waals surface area contributed by atoms with Crippen molar-refractivity contribution in [3.05, 3.63) is 28.1 Å². The maximum atomic E-state index is 13.1. The van der Waals surface area contributed by atoms with Crippen molar-refractivity contribution in [1.29, 1.82) is 0 Å². The van der Waals surface area contributed by atoms with Gasteiger partial charge in [0.05, 0.1) is 16.7 Å². The number of hydrogen-bond acceptors (Lipinski definition) is 10. The molecule has 0 aliphatic rings. The van der Waals surface area contributed by atoms with Crippen LogP contribution in [0.2, 0.25) is 0 Å². The van der Waals surface area contributed by atoms with E-state index in [4.69, 9.17) is 9.15 Å². The fourth-order valence-corrected chi connectivity index (χ4v) is 4.06. The smallest absolute Gasteiger partial charge is 0.412 e. The molecule has 37 heavy (non-hydrogen) atoms. The van der Waals surface area contributed by atoms with E-state index in [1.165, 1.54) is 11.0 Å². The summed E-state index contributed by atoms with van der Waals surface area (Å²) in [5.74, 6) is -0.600. The SMILES string of the molecule is Cc1c(NC(=O)OC(C)(C)C)ccc2nc(N[C@@H](CCS(C)(=O)=O)C(=O)N(C)CCN(C)C)oc(=O)c12. The fraction of sp³-hybridized carbons (Fsp3) is 0.583. The minimum Gasteiger partial charge on any atom is -0.444 e. The molecule has 0 saturated carbocycles. The first-order valence-electron chi connectivity index (χ1n) is 11.8. The second-order valence-corrected chi connectivity index (χ2v) is 12.5. The molecular weight excluding hydrogens is 502 g/mol. The summed E-state index contributed by atoms with van der Waals surface area (Å²) >= 11 is 0. The lowest BCUT2D eigenvalue weighted by Gasteiger charge is -2.25. The van der Waals surface area contributed by atoms with Gasteiger partial charge in [0.1, 0.15) is 21.5 Å². The monoisotopic (exact) mass is 539 g/mol. The zero-order chi connectivity index (χ0) is 28.1. The summed E-state index contributed by atoms with van der Waals surface area (Å²) in [6, 6.07) is 1.93. The Labute approximate surface area is 217 Å². The van der Waals surface area contributed by atoms with Crippen molar-refractivity contribution in [3.8, 4) is 0 Å². The number of fused-ring (bicyclic) bond motifs is 1. The number of carbonyl (C=O) groups is 2. The standard InChI is InChI=1S/C24H37N5O7S/c1-15-16(27-23(32)36-24(2,3)4)9-10-17-19(15)21(31)35-22(25-17)26-18(11-14-37(8,33)34)20(30)29(7)13-12-28(5)6/h9-10,18H,11-14H2,1-8H3,(H,25,26)(H,27,32)/t18-/m0/s1. The maximum absolute atomic E-state index is 13.1. The molecule has 2 amide bonds. The molecule has 12 nitrogen and oxygen atoms in total. The van der Waals surface area contributed by atoms with Gasteiger partial charge >= 0.3 is 11.7 Å². The molecule has 13 heteroatoms. The number of likely N-dealkylation sites (N-methyl/N-ethyl adjacent to an activating group) is 2. The molecule has 0 aliphatic carbocycles. The summed E-state index contributed by atoms with van der Waals surface area (Å²) in [6.07, 6.45) is 0.381. The van der Waals surface area contributed by atoms with Crippen molar-refractivity contribution >= 4 is 44.4 Å². The van der Waals surface area contributed by atoms with Crippen LogP contribution in [0.4, 0.5) is 16.5 Å². The highest BCUT2D eigenvalue weighted by molar-refractivity contribution is 7.90. The fourth-order valence-electron chi connectivity index (χ4n) is 3.39. The molecule has 1 aromatic heterocycles. The molecule has 1 heterocycles. The number of sulfone groups is 1. The predicted molar refractivity (Wildman–Crippen MR) is 143 cm³/mol. The van der Waals surface area contributed by atoms with Crippen LogP contribution in [0.1, 0.15) is 32.8 Å². The lowest BCUT2D eigenvalue weighted by molar-refractivity contribution is -0.130. The molecule has 0 aliphatic heterocycles. The minimum absolute atomic E-state index is 0.0365. The predicted octanol–water partition coefficient (Wildman–Crippen LogP) is 2.08. The van der Waals surface area contributed by atoms with Gasteiger partial charge in [-0.05, 0) is 65.9 Å². The van der Waals surface area contributed by atoms with Gasteiger partial charge in [-0.15, -0.1) is 0 Å². The van der Waals surface area contributed by atoms with Crippen LogP contribution in [0.25, 0.3) is 10.9 Å². The number of carbonyl (C=O) groups excluding carboxylic acids is 2. The Morgan fingerprint density at radius 3 is 2.38 bits per heavy atom. The Morgan fingerprint density at radius 1 is 1.16 bits per heavy atom. The Bertz CT molecular complexity index is 1300. The lowest BCUT2D eigenvalue weighted by atomic mass is 10.1. The summed E-state index contributed by atoms with van der Waals surface area (Å²) in [5, 5.41) is 5.58. The number of benzene rings is 1. The molecule has 0 radical (unpaired) electrons. The third-order valence-electron chi connectivity index (χ3n) is 5.33. The Balaban J connectivity index is 2.35. The average molecular weight is 540 g/mol. The van der Waals surface area contributed by atoms with Gasteiger partial charge in [-0.2, -0.15) is 4.98 Å². The van der Waals surface area contributed by atoms with E-state index in [2.05, 4.69) is 15.6 Å². The quantitative estimate of drug-likeness (QED) is 0.459. The molecule has 2 N–H and O–H groups in total. The van der Waals surface area contributed by atoms with Crippen molar-refractivity contribution in [1.82, 2.24) is 14.8 Å². The van der Waals surface area contributed by atoms with E-state index in [0.29, 0.717) is 24.3 Å². The number of nitrogens with zero attached hydrogens (tertiary/aromatic N) is 3. The summed E-state index contributed by atoms with van der Waals surface area (Å²) in [6.45, 7) is 7.88. The van der Waals surface area contributed by atoms with Crippen molar-refractivity contribution in [2.24, 2.45) is 0 Å². The van der Waals surface area contributed by atoms with Crippen molar-refractivity contribution in [3.63, 3.8) is 0 Å². The van der Waals surface area contributed by atoms with Gasteiger partial charge in [0.2, 0.25) is 5.91 Å². The number of nitrogens with one attached hydrogen (secondary N) is 2.